The Hall–Kier alpha value is -2.79. The summed E-state index contributed by atoms with van der Waals surface area (Å²) in [6.07, 6.45) is 2.38. The maximum absolute atomic E-state index is 6.16. The van der Waals surface area contributed by atoms with Crippen LogP contribution in [0.25, 0.3) is 0 Å². The highest BCUT2D eigenvalue weighted by Crippen LogP contribution is 2.31. The fraction of sp³-hybridized carbons (Fsp3) is 0.158. The van der Waals surface area contributed by atoms with Gasteiger partial charge in [0.2, 0.25) is 5.88 Å². The fourth-order valence-electron chi connectivity index (χ4n) is 2.27. The molecule has 0 atom stereocenters. The van der Waals surface area contributed by atoms with Crippen molar-refractivity contribution in [2.24, 2.45) is 0 Å². The average molecular weight is 355 g/mol. The SMILES string of the molecule is CCc1ccc(Oc2ncnc(Nc3ccc(C)c(Cl)c3)c2N)cc1. The maximum Gasteiger partial charge on any atom is 0.248 e. The summed E-state index contributed by atoms with van der Waals surface area (Å²) in [7, 11) is 0. The lowest BCUT2D eigenvalue weighted by Crippen LogP contribution is -2.03. The number of rotatable bonds is 5. The number of aromatic nitrogens is 2. The number of halogens is 1. The normalized spacial score (nSPS) is 10.5. The molecule has 0 amide bonds. The monoisotopic (exact) mass is 354 g/mol. The molecule has 6 heteroatoms. The summed E-state index contributed by atoms with van der Waals surface area (Å²) in [6, 6.07) is 13.5. The number of nitrogens with two attached hydrogens (primary N) is 1. The molecule has 1 aromatic heterocycles. The first kappa shape index (κ1) is 17.0. The number of nitrogens with zero attached hydrogens (tertiary/aromatic N) is 2. The van der Waals surface area contributed by atoms with Gasteiger partial charge in [-0.2, -0.15) is 4.98 Å². The topological polar surface area (TPSA) is 73.1 Å². The maximum atomic E-state index is 6.16. The molecule has 0 saturated carbocycles. The molecule has 0 radical (unpaired) electrons. The van der Waals surface area contributed by atoms with Crippen molar-refractivity contribution < 1.29 is 4.74 Å². The molecule has 3 aromatic rings. The lowest BCUT2D eigenvalue weighted by Gasteiger charge is -2.12. The number of aryl methyl sites for hydroxylation is 2. The highest BCUT2D eigenvalue weighted by Gasteiger charge is 2.11. The van der Waals surface area contributed by atoms with Crippen molar-refractivity contribution in [3.8, 4) is 11.6 Å². The van der Waals surface area contributed by atoms with Crippen molar-refractivity contribution in [2.75, 3.05) is 11.1 Å². The van der Waals surface area contributed by atoms with Gasteiger partial charge in [-0.3, -0.25) is 0 Å². The van der Waals surface area contributed by atoms with Crippen molar-refractivity contribution in [3.63, 3.8) is 0 Å². The standard InChI is InChI=1S/C19H19ClN4O/c1-3-13-5-8-15(9-6-13)25-19-17(21)18(22-11-23-19)24-14-7-4-12(2)16(20)10-14/h4-11H,3,21H2,1-2H3,(H,22,23,24). The second-order valence-electron chi connectivity index (χ2n) is 5.63. The summed E-state index contributed by atoms with van der Waals surface area (Å²) < 4.78 is 5.79. The number of hydrogen-bond acceptors (Lipinski definition) is 5. The molecule has 3 N–H and O–H groups in total. The van der Waals surface area contributed by atoms with E-state index in [1.807, 2.05) is 49.4 Å². The van der Waals surface area contributed by atoms with Crippen molar-refractivity contribution in [3.05, 3.63) is 64.9 Å². The lowest BCUT2D eigenvalue weighted by molar-refractivity contribution is 0.464. The third-order valence-electron chi connectivity index (χ3n) is 3.83. The van der Waals surface area contributed by atoms with Gasteiger partial charge in [-0.25, -0.2) is 4.98 Å². The Labute approximate surface area is 151 Å². The van der Waals surface area contributed by atoms with Crippen LogP contribution in [0.15, 0.2) is 48.8 Å². The van der Waals surface area contributed by atoms with Crippen molar-refractivity contribution in [1.82, 2.24) is 9.97 Å². The Morgan fingerprint density at radius 2 is 1.88 bits per heavy atom. The van der Waals surface area contributed by atoms with E-state index in [1.54, 1.807) is 0 Å². The van der Waals surface area contributed by atoms with Crippen LogP contribution in [-0.4, -0.2) is 9.97 Å². The smallest absolute Gasteiger partial charge is 0.248 e. The number of nitrogens with one attached hydrogen (secondary N) is 1. The van der Waals surface area contributed by atoms with E-state index in [1.165, 1.54) is 11.9 Å². The molecule has 2 aromatic carbocycles. The predicted molar refractivity (Wildman–Crippen MR) is 102 cm³/mol. The zero-order chi connectivity index (χ0) is 17.8. The van der Waals surface area contributed by atoms with E-state index in [9.17, 15) is 0 Å². The number of benzene rings is 2. The van der Waals surface area contributed by atoms with E-state index in [0.29, 0.717) is 28.2 Å². The first-order valence-corrected chi connectivity index (χ1v) is 8.35. The predicted octanol–water partition coefficient (Wildman–Crippen LogP) is 5.12. The first-order chi connectivity index (χ1) is 12.1. The molecule has 0 aliphatic carbocycles. The van der Waals surface area contributed by atoms with Crippen LogP contribution in [0.2, 0.25) is 5.02 Å². The number of nitrogen functional groups attached to an aromatic ring is 1. The number of anilines is 3. The van der Waals surface area contributed by atoms with Crippen LogP contribution in [-0.2, 0) is 6.42 Å². The molecule has 0 fully saturated rings. The minimum atomic E-state index is 0.306. The molecule has 0 aliphatic heterocycles. The molecule has 0 saturated heterocycles. The number of ether oxygens (including phenoxy) is 1. The third kappa shape index (κ3) is 4.00. The summed E-state index contributed by atoms with van der Waals surface area (Å²) in [4.78, 5) is 8.31. The Balaban J connectivity index is 1.82. The van der Waals surface area contributed by atoms with E-state index in [2.05, 4.69) is 22.2 Å². The molecule has 0 spiro atoms. The van der Waals surface area contributed by atoms with Gasteiger partial charge in [-0.1, -0.05) is 36.7 Å². The van der Waals surface area contributed by atoms with E-state index in [4.69, 9.17) is 22.1 Å². The second-order valence-corrected chi connectivity index (χ2v) is 6.04. The lowest BCUT2D eigenvalue weighted by atomic mass is 10.2. The van der Waals surface area contributed by atoms with Crippen LogP contribution < -0.4 is 15.8 Å². The Morgan fingerprint density at radius 1 is 1.12 bits per heavy atom. The first-order valence-electron chi connectivity index (χ1n) is 7.97. The third-order valence-corrected chi connectivity index (χ3v) is 4.24. The van der Waals surface area contributed by atoms with Gasteiger partial charge in [0.1, 0.15) is 17.8 Å². The van der Waals surface area contributed by atoms with Gasteiger partial charge in [-0.05, 0) is 48.7 Å². The quantitative estimate of drug-likeness (QED) is 0.665. The van der Waals surface area contributed by atoms with Gasteiger partial charge < -0.3 is 15.8 Å². The van der Waals surface area contributed by atoms with E-state index in [0.717, 1.165) is 17.7 Å². The van der Waals surface area contributed by atoms with Gasteiger partial charge in [0.15, 0.2) is 5.82 Å². The van der Waals surface area contributed by atoms with Crippen LogP contribution in [0, 0.1) is 6.92 Å². The molecular weight excluding hydrogens is 336 g/mol. The van der Waals surface area contributed by atoms with Crippen molar-refractivity contribution >= 4 is 28.8 Å². The van der Waals surface area contributed by atoms with Gasteiger partial charge in [0.25, 0.3) is 0 Å². The molecular formula is C19H19ClN4O. The highest BCUT2D eigenvalue weighted by atomic mass is 35.5. The van der Waals surface area contributed by atoms with Crippen LogP contribution >= 0.6 is 11.6 Å². The molecule has 1 heterocycles. The fourth-order valence-corrected chi connectivity index (χ4v) is 2.45. The van der Waals surface area contributed by atoms with Crippen LogP contribution in [0.1, 0.15) is 18.1 Å². The summed E-state index contributed by atoms with van der Waals surface area (Å²) in [5.74, 6) is 1.45. The zero-order valence-electron chi connectivity index (χ0n) is 14.1. The zero-order valence-corrected chi connectivity index (χ0v) is 14.8. The minimum absolute atomic E-state index is 0.306. The molecule has 25 heavy (non-hydrogen) atoms. The van der Waals surface area contributed by atoms with Gasteiger partial charge in [-0.15, -0.1) is 0 Å². The second kappa shape index (κ2) is 7.40. The molecule has 0 aliphatic rings. The number of hydrogen-bond donors (Lipinski definition) is 2. The van der Waals surface area contributed by atoms with E-state index >= 15 is 0 Å². The summed E-state index contributed by atoms with van der Waals surface area (Å²) in [6.45, 7) is 4.05. The molecule has 0 unspecified atom stereocenters. The Bertz CT molecular complexity index is 881. The molecule has 128 valence electrons. The van der Waals surface area contributed by atoms with Gasteiger partial charge in [0.05, 0.1) is 0 Å². The molecule has 0 bridgehead atoms. The average Bonchev–Trinajstić information content (AvgIpc) is 2.62. The van der Waals surface area contributed by atoms with Gasteiger partial charge >= 0.3 is 0 Å². The summed E-state index contributed by atoms with van der Waals surface area (Å²) >= 11 is 6.15. The largest absolute Gasteiger partial charge is 0.437 e. The van der Waals surface area contributed by atoms with Crippen molar-refractivity contribution in [2.45, 2.75) is 20.3 Å². The Morgan fingerprint density at radius 3 is 2.56 bits per heavy atom. The summed E-state index contributed by atoms with van der Waals surface area (Å²) in [5, 5.41) is 3.82. The van der Waals surface area contributed by atoms with Gasteiger partial charge in [0, 0.05) is 10.7 Å². The van der Waals surface area contributed by atoms with E-state index < -0.39 is 0 Å². The molecule has 5 nitrogen and oxygen atoms in total. The molecule has 3 rings (SSSR count). The van der Waals surface area contributed by atoms with Crippen LogP contribution in [0.5, 0.6) is 11.6 Å². The van der Waals surface area contributed by atoms with Crippen LogP contribution in [0.4, 0.5) is 17.2 Å². The van der Waals surface area contributed by atoms with Crippen LogP contribution in [0.3, 0.4) is 0 Å². The summed E-state index contributed by atoms with van der Waals surface area (Å²) in [5.41, 5.74) is 9.52. The minimum Gasteiger partial charge on any atom is -0.437 e. The van der Waals surface area contributed by atoms with E-state index in [-0.39, 0.29) is 0 Å². The van der Waals surface area contributed by atoms with Crippen molar-refractivity contribution in [1.29, 1.82) is 0 Å². The Kier molecular flexibility index (Phi) is 5.05. The highest BCUT2D eigenvalue weighted by molar-refractivity contribution is 6.31.